The molecule has 0 aromatic heterocycles. The van der Waals surface area contributed by atoms with Gasteiger partial charge in [-0.15, -0.1) is 0 Å². The van der Waals surface area contributed by atoms with E-state index >= 15 is 0 Å². The normalized spacial score (nSPS) is 13.4. The van der Waals surface area contributed by atoms with Crippen LogP contribution < -0.4 is 14.4 Å². The van der Waals surface area contributed by atoms with Crippen molar-refractivity contribution in [2.24, 2.45) is 0 Å². The van der Waals surface area contributed by atoms with Gasteiger partial charge in [-0.2, -0.15) is 0 Å². The van der Waals surface area contributed by atoms with E-state index in [0.717, 1.165) is 11.4 Å². The van der Waals surface area contributed by atoms with Gasteiger partial charge in [0, 0.05) is 25.2 Å². The summed E-state index contributed by atoms with van der Waals surface area (Å²) in [5, 5.41) is 0. The highest BCUT2D eigenvalue weighted by Crippen LogP contribution is 2.33. The summed E-state index contributed by atoms with van der Waals surface area (Å²) >= 11 is 0. The van der Waals surface area contributed by atoms with Gasteiger partial charge < -0.3 is 14.4 Å². The first kappa shape index (κ1) is 10.8. The first-order valence-corrected chi connectivity index (χ1v) is 5.38. The first-order chi connectivity index (χ1) is 7.72. The number of anilines is 1. The summed E-state index contributed by atoms with van der Waals surface area (Å²) < 4.78 is 10.9. The molecule has 4 nitrogen and oxygen atoms in total. The first-order valence-electron chi connectivity index (χ1n) is 5.38. The van der Waals surface area contributed by atoms with Crippen molar-refractivity contribution in [3.8, 4) is 11.5 Å². The fourth-order valence-corrected chi connectivity index (χ4v) is 1.62. The number of rotatable bonds is 2. The van der Waals surface area contributed by atoms with Gasteiger partial charge in [-0.05, 0) is 12.1 Å². The van der Waals surface area contributed by atoms with Gasteiger partial charge in [-0.25, -0.2) is 0 Å². The van der Waals surface area contributed by atoms with Gasteiger partial charge in [0.05, 0.1) is 0 Å². The van der Waals surface area contributed by atoms with Crippen LogP contribution in [0.4, 0.5) is 5.69 Å². The molecule has 0 atom stereocenters. The molecule has 0 saturated heterocycles. The second-order valence-corrected chi connectivity index (χ2v) is 3.63. The number of hydrogen-bond acceptors (Lipinski definition) is 3. The Morgan fingerprint density at radius 3 is 2.69 bits per heavy atom. The van der Waals surface area contributed by atoms with E-state index in [0.29, 0.717) is 25.4 Å². The molecule has 0 spiro atoms. The van der Waals surface area contributed by atoms with Crippen molar-refractivity contribution in [3.05, 3.63) is 18.2 Å². The van der Waals surface area contributed by atoms with Crippen molar-refractivity contribution in [2.45, 2.75) is 13.3 Å². The van der Waals surface area contributed by atoms with E-state index in [2.05, 4.69) is 0 Å². The van der Waals surface area contributed by atoms with Crippen molar-refractivity contribution >= 4 is 11.6 Å². The summed E-state index contributed by atoms with van der Waals surface area (Å²) in [6.07, 6.45) is 0.491. The third-order valence-electron chi connectivity index (χ3n) is 2.59. The maximum Gasteiger partial charge on any atom is 0.226 e. The van der Waals surface area contributed by atoms with Crippen molar-refractivity contribution < 1.29 is 14.3 Å². The van der Waals surface area contributed by atoms with Crippen molar-refractivity contribution in [3.63, 3.8) is 0 Å². The molecule has 0 fully saturated rings. The Hall–Kier alpha value is -1.71. The molecule has 1 aliphatic heterocycles. The number of hydrogen-bond donors (Lipinski definition) is 0. The Bertz CT molecular complexity index is 403. The van der Waals surface area contributed by atoms with Crippen LogP contribution in [0.1, 0.15) is 13.3 Å². The van der Waals surface area contributed by atoms with E-state index in [1.807, 2.05) is 25.1 Å². The topological polar surface area (TPSA) is 38.8 Å². The van der Waals surface area contributed by atoms with Crippen molar-refractivity contribution in [2.75, 3.05) is 25.2 Å². The molecule has 16 heavy (non-hydrogen) atoms. The number of benzene rings is 1. The molecule has 0 saturated carbocycles. The van der Waals surface area contributed by atoms with Crippen LogP contribution in [0.15, 0.2) is 18.2 Å². The van der Waals surface area contributed by atoms with E-state index in [1.54, 1.807) is 11.9 Å². The maximum atomic E-state index is 11.5. The van der Waals surface area contributed by atoms with Crippen LogP contribution in [0.5, 0.6) is 11.5 Å². The maximum absolute atomic E-state index is 11.5. The van der Waals surface area contributed by atoms with Gasteiger partial charge in [-0.3, -0.25) is 4.79 Å². The summed E-state index contributed by atoms with van der Waals surface area (Å²) in [4.78, 5) is 13.2. The van der Waals surface area contributed by atoms with Gasteiger partial charge in [0.15, 0.2) is 11.5 Å². The highest BCUT2D eigenvalue weighted by molar-refractivity contribution is 5.92. The summed E-state index contributed by atoms with van der Waals surface area (Å²) in [6.45, 7) is 2.98. The molecule has 2 rings (SSSR count). The largest absolute Gasteiger partial charge is 0.486 e. The van der Waals surface area contributed by atoms with Crippen LogP contribution in [-0.2, 0) is 4.79 Å². The lowest BCUT2D eigenvalue weighted by molar-refractivity contribution is -0.118. The quantitative estimate of drug-likeness (QED) is 0.764. The molecule has 1 aromatic carbocycles. The second-order valence-electron chi connectivity index (χ2n) is 3.63. The number of carbonyl (C=O) groups excluding carboxylic acids is 1. The van der Waals surface area contributed by atoms with Gasteiger partial charge in [-0.1, -0.05) is 6.92 Å². The molecule has 1 aliphatic rings. The van der Waals surface area contributed by atoms with Crippen molar-refractivity contribution in [1.82, 2.24) is 0 Å². The zero-order valence-corrected chi connectivity index (χ0v) is 9.53. The standard InChI is InChI=1S/C12H15NO3/c1-3-12(14)13(2)9-4-5-10-11(8-9)16-7-6-15-10/h4-5,8H,3,6-7H2,1-2H3. The minimum atomic E-state index is 0.0803. The molecule has 0 N–H and O–H groups in total. The highest BCUT2D eigenvalue weighted by Gasteiger charge is 2.15. The van der Waals surface area contributed by atoms with Gasteiger partial charge in [0.2, 0.25) is 5.91 Å². The molecule has 1 heterocycles. The van der Waals surface area contributed by atoms with Gasteiger partial charge in [0.1, 0.15) is 13.2 Å². The molecule has 1 amide bonds. The minimum Gasteiger partial charge on any atom is -0.486 e. The van der Waals surface area contributed by atoms with Crippen LogP contribution in [0.2, 0.25) is 0 Å². The predicted molar refractivity (Wildman–Crippen MR) is 61.1 cm³/mol. The monoisotopic (exact) mass is 221 g/mol. The lowest BCUT2D eigenvalue weighted by Crippen LogP contribution is -2.25. The lowest BCUT2D eigenvalue weighted by atomic mass is 10.2. The summed E-state index contributed by atoms with van der Waals surface area (Å²) in [5.74, 6) is 1.53. The van der Waals surface area contributed by atoms with Crippen LogP contribution >= 0.6 is 0 Å². The Morgan fingerprint density at radius 2 is 2.00 bits per heavy atom. The average molecular weight is 221 g/mol. The fraction of sp³-hybridized carbons (Fsp3) is 0.417. The average Bonchev–Trinajstić information content (AvgIpc) is 2.36. The molecule has 0 aliphatic carbocycles. The molecular weight excluding hydrogens is 206 g/mol. The van der Waals surface area contributed by atoms with Gasteiger partial charge in [0.25, 0.3) is 0 Å². The third kappa shape index (κ3) is 1.96. The van der Waals surface area contributed by atoms with E-state index < -0.39 is 0 Å². The lowest BCUT2D eigenvalue weighted by Gasteiger charge is -2.22. The van der Waals surface area contributed by atoms with Crippen LogP contribution in [0, 0.1) is 0 Å². The van der Waals surface area contributed by atoms with Crippen LogP contribution in [-0.4, -0.2) is 26.2 Å². The van der Waals surface area contributed by atoms with E-state index in [-0.39, 0.29) is 5.91 Å². The summed E-state index contributed by atoms with van der Waals surface area (Å²) in [6, 6.07) is 5.53. The van der Waals surface area contributed by atoms with E-state index in [9.17, 15) is 4.79 Å². The number of carbonyl (C=O) groups is 1. The Labute approximate surface area is 94.8 Å². The fourth-order valence-electron chi connectivity index (χ4n) is 1.62. The van der Waals surface area contributed by atoms with Crippen molar-refractivity contribution in [1.29, 1.82) is 0 Å². The molecular formula is C12H15NO3. The molecule has 1 aromatic rings. The van der Waals surface area contributed by atoms with Crippen LogP contribution in [0.25, 0.3) is 0 Å². The summed E-state index contributed by atoms with van der Waals surface area (Å²) in [5.41, 5.74) is 0.830. The minimum absolute atomic E-state index is 0.0803. The number of amides is 1. The zero-order valence-electron chi connectivity index (χ0n) is 9.53. The number of nitrogens with zero attached hydrogens (tertiary/aromatic N) is 1. The number of ether oxygens (including phenoxy) is 2. The SMILES string of the molecule is CCC(=O)N(C)c1ccc2c(c1)OCCO2. The smallest absolute Gasteiger partial charge is 0.226 e. The molecule has 0 radical (unpaired) electrons. The third-order valence-corrected chi connectivity index (χ3v) is 2.59. The van der Waals surface area contributed by atoms with E-state index in [4.69, 9.17) is 9.47 Å². The highest BCUT2D eigenvalue weighted by atomic mass is 16.6. The van der Waals surface area contributed by atoms with Crippen LogP contribution in [0.3, 0.4) is 0 Å². The van der Waals surface area contributed by atoms with Gasteiger partial charge >= 0.3 is 0 Å². The number of fused-ring (bicyclic) bond motifs is 1. The Morgan fingerprint density at radius 1 is 1.31 bits per heavy atom. The Balaban J connectivity index is 2.26. The zero-order chi connectivity index (χ0) is 11.5. The predicted octanol–water partition coefficient (Wildman–Crippen LogP) is 1.83. The summed E-state index contributed by atoms with van der Waals surface area (Å²) in [7, 11) is 1.76. The molecule has 0 bridgehead atoms. The second kappa shape index (κ2) is 4.43. The molecule has 4 heteroatoms. The Kier molecular flexibility index (Phi) is 2.99. The molecule has 0 unspecified atom stereocenters. The van der Waals surface area contributed by atoms with E-state index in [1.165, 1.54) is 0 Å². The molecule has 86 valence electrons.